The first-order valence-electron chi connectivity index (χ1n) is 9.51. The molecule has 1 N–H and O–H groups in total. The van der Waals surface area contributed by atoms with Crippen LogP contribution in [0.4, 0.5) is 0 Å². The van der Waals surface area contributed by atoms with Crippen LogP contribution >= 0.6 is 11.3 Å². The van der Waals surface area contributed by atoms with Crippen LogP contribution in [0.25, 0.3) is 21.1 Å². The van der Waals surface area contributed by atoms with Crippen molar-refractivity contribution in [3.8, 4) is 5.75 Å². The van der Waals surface area contributed by atoms with Gasteiger partial charge >= 0.3 is 5.63 Å². The number of hydrogen-bond donors (Lipinski definition) is 1. The quantitative estimate of drug-likeness (QED) is 0.475. The number of ether oxygens (including phenoxy) is 1. The Hall–Kier alpha value is -3.16. The molecule has 2 heterocycles. The van der Waals surface area contributed by atoms with Gasteiger partial charge in [0, 0.05) is 16.6 Å². The van der Waals surface area contributed by atoms with Crippen molar-refractivity contribution in [1.82, 2.24) is 10.2 Å². The van der Waals surface area contributed by atoms with Gasteiger partial charge in [0.05, 0.1) is 13.2 Å². The number of para-hydroxylation sites is 1. The molecule has 0 spiro atoms. The molecular weight excluding hydrogens is 400 g/mol. The molecule has 4 aromatic rings. The van der Waals surface area contributed by atoms with Gasteiger partial charge in [0.25, 0.3) is 5.91 Å². The zero-order valence-corrected chi connectivity index (χ0v) is 17.8. The van der Waals surface area contributed by atoms with E-state index in [0.29, 0.717) is 23.3 Å². The lowest BCUT2D eigenvalue weighted by Crippen LogP contribution is -2.36. The molecule has 0 aliphatic rings. The van der Waals surface area contributed by atoms with Gasteiger partial charge in [-0.1, -0.05) is 30.3 Å². The van der Waals surface area contributed by atoms with E-state index < -0.39 is 11.5 Å². The molecule has 0 radical (unpaired) electrons. The summed E-state index contributed by atoms with van der Waals surface area (Å²) in [7, 11) is 5.45. The van der Waals surface area contributed by atoms with Crippen LogP contribution in [0.1, 0.15) is 22.0 Å². The highest BCUT2D eigenvalue weighted by Crippen LogP contribution is 2.32. The third kappa shape index (κ3) is 3.69. The maximum Gasteiger partial charge on any atom is 0.349 e. The third-order valence-corrected chi connectivity index (χ3v) is 6.12. The Morgan fingerprint density at radius 2 is 2.00 bits per heavy atom. The van der Waals surface area contributed by atoms with E-state index in [1.807, 2.05) is 26.2 Å². The Bertz CT molecular complexity index is 1280. The standard InChI is InChI=1S/C23H22N2O4S/c1-25(2)18(17-13-30-20-10-5-4-8-15(17)20)12-24-22(26)16-11-14-7-6-9-19(28-3)21(14)29-23(16)27/h4-11,13,18H,12H2,1-3H3,(H,24,26)/t18-/m0/s1. The molecule has 7 heteroatoms. The summed E-state index contributed by atoms with van der Waals surface area (Å²) in [6, 6.07) is 15.0. The Balaban J connectivity index is 1.60. The second-order valence-corrected chi connectivity index (χ2v) is 8.11. The van der Waals surface area contributed by atoms with Crippen molar-refractivity contribution in [1.29, 1.82) is 0 Å². The number of thiophene rings is 1. The Labute approximate surface area is 177 Å². The number of fused-ring (bicyclic) bond motifs is 2. The van der Waals surface area contributed by atoms with Gasteiger partial charge in [0.15, 0.2) is 11.3 Å². The van der Waals surface area contributed by atoms with Crippen molar-refractivity contribution in [2.24, 2.45) is 0 Å². The van der Waals surface area contributed by atoms with Crippen LogP contribution in [-0.2, 0) is 0 Å². The fourth-order valence-electron chi connectivity index (χ4n) is 3.55. The molecule has 1 amide bonds. The van der Waals surface area contributed by atoms with Gasteiger partial charge in [-0.05, 0) is 48.6 Å². The maximum atomic E-state index is 12.8. The van der Waals surface area contributed by atoms with E-state index in [0.717, 1.165) is 5.56 Å². The number of amides is 1. The summed E-state index contributed by atoms with van der Waals surface area (Å²) in [6.45, 7) is 0.363. The van der Waals surface area contributed by atoms with Gasteiger partial charge in [0.2, 0.25) is 0 Å². The summed E-state index contributed by atoms with van der Waals surface area (Å²) in [4.78, 5) is 27.3. The summed E-state index contributed by atoms with van der Waals surface area (Å²) >= 11 is 1.68. The monoisotopic (exact) mass is 422 g/mol. The zero-order chi connectivity index (χ0) is 21.3. The minimum atomic E-state index is -0.688. The van der Waals surface area contributed by atoms with Gasteiger partial charge in [-0.3, -0.25) is 4.79 Å². The van der Waals surface area contributed by atoms with Crippen molar-refractivity contribution < 1.29 is 13.9 Å². The first-order valence-corrected chi connectivity index (χ1v) is 10.4. The molecule has 4 rings (SSSR count). The van der Waals surface area contributed by atoms with Gasteiger partial charge < -0.3 is 19.4 Å². The van der Waals surface area contributed by atoms with E-state index in [2.05, 4.69) is 27.7 Å². The van der Waals surface area contributed by atoms with Crippen LogP contribution in [0.5, 0.6) is 5.75 Å². The SMILES string of the molecule is COc1cccc2cc(C(=O)NC[C@@H](c3csc4ccccc34)N(C)C)c(=O)oc12. The zero-order valence-electron chi connectivity index (χ0n) is 17.0. The maximum absolute atomic E-state index is 12.8. The molecule has 0 fully saturated rings. The number of benzene rings is 2. The normalized spacial score (nSPS) is 12.4. The third-order valence-electron chi connectivity index (χ3n) is 5.14. The summed E-state index contributed by atoms with van der Waals surface area (Å²) in [5.41, 5.74) is 0.768. The second-order valence-electron chi connectivity index (χ2n) is 7.20. The van der Waals surface area contributed by atoms with Gasteiger partial charge in [0.1, 0.15) is 5.56 Å². The Morgan fingerprint density at radius 3 is 2.77 bits per heavy atom. The molecule has 0 aliphatic carbocycles. The van der Waals surface area contributed by atoms with Crippen molar-refractivity contribution in [3.05, 3.63) is 75.5 Å². The first-order chi connectivity index (χ1) is 14.5. The number of nitrogens with one attached hydrogen (secondary N) is 1. The van der Waals surface area contributed by atoms with Gasteiger partial charge in [-0.2, -0.15) is 0 Å². The number of rotatable bonds is 6. The number of carbonyl (C=O) groups excluding carboxylic acids is 1. The molecule has 1 atom stereocenters. The molecule has 0 bridgehead atoms. The largest absolute Gasteiger partial charge is 0.493 e. The fourth-order valence-corrected chi connectivity index (χ4v) is 4.56. The van der Waals surface area contributed by atoms with E-state index in [4.69, 9.17) is 9.15 Å². The number of nitrogens with zero attached hydrogens (tertiary/aromatic N) is 1. The van der Waals surface area contributed by atoms with Crippen molar-refractivity contribution in [2.75, 3.05) is 27.7 Å². The lowest BCUT2D eigenvalue weighted by molar-refractivity contribution is 0.0938. The number of carbonyl (C=O) groups is 1. The predicted molar refractivity (Wildman–Crippen MR) is 120 cm³/mol. The average molecular weight is 423 g/mol. The molecule has 154 valence electrons. The smallest absolute Gasteiger partial charge is 0.349 e. The van der Waals surface area contributed by atoms with E-state index in [-0.39, 0.29) is 11.6 Å². The summed E-state index contributed by atoms with van der Waals surface area (Å²) in [5.74, 6) is -0.00609. The summed E-state index contributed by atoms with van der Waals surface area (Å²) < 4.78 is 11.8. The predicted octanol–water partition coefficient (Wildman–Crippen LogP) is 4.05. The highest BCUT2D eigenvalue weighted by molar-refractivity contribution is 7.17. The lowest BCUT2D eigenvalue weighted by atomic mass is 10.0. The molecule has 2 aromatic carbocycles. The van der Waals surface area contributed by atoms with Crippen LogP contribution in [-0.4, -0.2) is 38.6 Å². The highest BCUT2D eigenvalue weighted by atomic mass is 32.1. The molecule has 0 saturated heterocycles. The lowest BCUT2D eigenvalue weighted by Gasteiger charge is -2.24. The minimum absolute atomic E-state index is 0.0246. The average Bonchev–Trinajstić information content (AvgIpc) is 3.16. The van der Waals surface area contributed by atoms with Crippen molar-refractivity contribution in [2.45, 2.75) is 6.04 Å². The van der Waals surface area contributed by atoms with Crippen molar-refractivity contribution >= 4 is 38.3 Å². The number of methoxy groups -OCH3 is 1. The molecular formula is C23H22N2O4S. The minimum Gasteiger partial charge on any atom is -0.493 e. The van der Waals surface area contributed by atoms with E-state index in [9.17, 15) is 9.59 Å². The van der Waals surface area contributed by atoms with Crippen molar-refractivity contribution in [3.63, 3.8) is 0 Å². The molecule has 30 heavy (non-hydrogen) atoms. The Morgan fingerprint density at radius 1 is 1.20 bits per heavy atom. The molecule has 6 nitrogen and oxygen atoms in total. The molecule has 2 aromatic heterocycles. The van der Waals surface area contributed by atoms with Crippen LogP contribution in [0.15, 0.2) is 63.1 Å². The van der Waals surface area contributed by atoms with Crippen LogP contribution in [0, 0.1) is 0 Å². The Kier molecular flexibility index (Phi) is 5.57. The van der Waals surface area contributed by atoms with Gasteiger partial charge in [-0.25, -0.2) is 4.79 Å². The summed E-state index contributed by atoms with van der Waals surface area (Å²) in [6.07, 6.45) is 0. The number of likely N-dealkylation sites (N-methyl/N-ethyl adjacent to an activating group) is 1. The van der Waals surface area contributed by atoms with Crippen LogP contribution < -0.4 is 15.7 Å². The van der Waals surface area contributed by atoms with E-state index in [1.54, 1.807) is 35.6 Å². The first kappa shape index (κ1) is 20.1. The van der Waals surface area contributed by atoms with Crippen LogP contribution in [0.2, 0.25) is 0 Å². The second kappa shape index (κ2) is 8.30. The topological polar surface area (TPSA) is 71.8 Å². The number of hydrogen-bond acceptors (Lipinski definition) is 6. The van der Waals surface area contributed by atoms with E-state index in [1.165, 1.54) is 17.2 Å². The fraction of sp³-hybridized carbons (Fsp3) is 0.217. The highest BCUT2D eigenvalue weighted by Gasteiger charge is 2.21. The summed E-state index contributed by atoms with van der Waals surface area (Å²) in [5, 5.41) is 6.83. The van der Waals surface area contributed by atoms with E-state index >= 15 is 0 Å². The molecule has 0 unspecified atom stereocenters. The molecule has 0 saturated carbocycles. The molecule has 0 aliphatic heterocycles. The van der Waals surface area contributed by atoms with Gasteiger partial charge in [-0.15, -0.1) is 11.3 Å². The van der Waals surface area contributed by atoms with Crippen LogP contribution in [0.3, 0.4) is 0 Å².